The Hall–Kier alpha value is -2.27. The fourth-order valence-corrected chi connectivity index (χ4v) is 2.73. The van der Waals surface area contributed by atoms with Gasteiger partial charge in [-0.25, -0.2) is 0 Å². The van der Waals surface area contributed by atoms with E-state index >= 15 is 0 Å². The number of anilines is 2. The third kappa shape index (κ3) is 4.93. The van der Waals surface area contributed by atoms with Crippen LogP contribution in [0.15, 0.2) is 59.5 Å². The molecule has 0 saturated heterocycles. The molecule has 0 aliphatic rings. The standard InChI is InChI=1S/C17H18N2O2S/c1-12(22-16-6-4-3-5-7-16)17(21)19-15-10-8-14(9-11-15)18-13(2)20/h3-12H,1-2H3,(H,18,20)(H,19,21)/t12-/m0/s1. The molecule has 2 aromatic carbocycles. The van der Waals surface area contributed by atoms with E-state index in [0.29, 0.717) is 11.4 Å². The SMILES string of the molecule is CC(=O)Nc1ccc(NC(=O)[C@H](C)Sc2ccccc2)cc1. The summed E-state index contributed by atoms with van der Waals surface area (Å²) in [5.41, 5.74) is 1.41. The molecule has 4 nitrogen and oxygen atoms in total. The van der Waals surface area contributed by atoms with Crippen LogP contribution in [0.4, 0.5) is 11.4 Å². The first kappa shape index (κ1) is 16.1. The third-order valence-corrected chi connectivity index (χ3v) is 4.01. The van der Waals surface area contributed by atoms with E-state index in [4.69, 9.17) is 0 Å². The monoisotopic (exact) mass is 314 g/mol. The predicted molar refractivity (Wildman–Crippen MR) is 91.1 cm³/mol. The molecule has 5 heteroatoms. The lowest BCUT2D eigenvalue weighted by molar-refractivity contribution is -0.115. The van der Waals surface area contributed by atoms with E-state index in [0.717, 1.165) is 4.90 Å². The average Bonchev–Trinajstić information content (AvgIpc) is 2.49. The van der Waals surface area contributed by atoms with E-state index in [1.807, 2.05) is 37.3 Å². The number of carbonyl (C=O) groups is 2. The van der Waals surface area contributed by atoms with Crippen molar-refractivity contribution in [2.45, 2.75) is 24.0 Å². The lowest BCUT2D eigenvalue weighted by atomic mass is 10.2. The van der Waals surface area contributed by atoms with Crippen LogP contribution in [-0.2, 0) is 9.59 Å². The van der Waals surface area contributed by atoms with Crippen LogP contribution < -0.4 is 10.6 Å². The summed E-state index contributed by atoms with van der Waals surface area (Å²) >= 11 is 1.51. The molecule has 0 fully saturated rings. The van der Waals surface area contributed by atoms with E-state index in [1.54, 1.807) is 24.3 Å². The summed E-state index contributed by atoms with van der Waals surface area (Å²) in [7, 11) is 0. The zero-order valence-electron chi connectivity index (χ0n) is 12.5. The van der Waals surface area contributed by atoms with Crippen LogP contribution >= 0.6 is 11.8 Å². The molecular weight excluding hydrogens is 296 g/mol. The highest BCUT2D eigenvalue weighted by molar-refractivity contribution is 8.00. The highest BCUT2D eigenvalue weighted by Crippen LogP contribution is 2.24. The summed E-state index contributed by atoms with van der Waals surface area (Å²) in [6.07, 6.45) is 0. The van der Waals surface area contributed by atoms with Gasteiger partial charge in [0.25, 0.3) is 0 Å². The van der Waals surface area contributed by atoms with Crippen molar-refractivity contribution in [2.75, 3.05) is 10.6 Å². The molecule has 0 spiro atoms. The number of amides is 2. The van der Waals surface area contributed by atoms with Crippen LogP contribution in [0.5, 0.6) is 0 Å². The molecule has 0 aliphatic carbocycles. The lowest BCUT2D eigenvalue weighted by Crippen LogP contribution is -2.22. The van der Waals surface area contributed by atoms with Crippen LogP contribution in [0.1, 0.15) is 13.8 Å². The maximum atomic E-state index is 12.2. The third-order valence-electron chi connectivity index (χ3n) is 2.90. The Kier molecular flexibility index (Phi) is 5.61. The molecule has 114 valence electrons. The molecule has 0 radical (unpaired) electrons. The predicted octanol–water partition coefficient (Wildman–Crippen LogP) is 3.76. The van der Waals surface area contributed by atoms with Gasteiger partial charge >= 0.3 is 0 Å². The Morgan fingerprint density at radius 1 is 0.909 bits per heavy atom. The quantitative estimate of drug-likeness (QED) is 0.826. The van der Waals surface area contributed by atoms with Gasteiger partial charge in [-0.05, 0) is 43.3 Å². The minimum absolute atomic E-state index is 0.0545. The van der Waals surface area contributed by atoms with Gasteiger partial charge in [0.15, 0.2) is 0 Å². The highest BCUT2D eigenvalue weighted by atomic mass is 32.2. The van der Waals surface area contributed by atoms with Gasteiger partial charge in [-0.2, -0.15) is 0 Å². The molecular formula is C17H18N2O2S. The highest BCUT2D eigenvalue weighted by Gasteiger charge is 2.14. The van der Waals surface area contributed by atoms with Crippen molar-refractivity contribution < 1.29 is 9.59 Å². The van der Waals surface area contributed by atoms with Gasteiger partial charge in [-0.3, -0.25) is 9.59 Å². The average molecular weight is 314 g/mol. The number of benzene rings is 2. The van der Waals surface area contributed by atoms with E-state index in [-0.39, 0.29) is 17.1 Å². The number of nitrogens with one attached hydrogen (secondary N) is 2. The molecule has 0 heterocycles. The van der Waals surface area contributed by atoms with Gasteiger partial charge in [0, 0.05) is 23.2 Å². The van der Waals surface area contributed by atoms with Crippen molar-refractivity contribution in [3.63, 3.8) is 0 Å². The number of carbonyl (C=O) groups excluding carboxylic acids is 2. The van der Waals surface area contributed by atoms with Crippen LogP contribution in [0.2, 0.25) is 0 Å². The van der Waals surface area contributed by atoms with Crippen molar-refractivity contribution in [3.8, 4) is 0 Å². The summed E-state index contributed by atoms with van der Waals surface area (Å²) < 4.78 is 0. The second kappa shape index (κ2) is 7.66. The van der Waals surface area contributed by atoms with Gasteiger partial charge in [0.05, 0.1) is 5.25 Å². The van der Waals surface area contributed by atoms with Crippen molar-refractivity contribution in [1.82, 2.24) is 0 Å². The fraction of sp³-hybridized carbons (Fsp3) is 0.176. The Morgan fingerprint density at radius 2 is 1.45 bits per heavy atom. The minimum Gasteiger partial charge on any atom is -0.326 e. The van der Waals surface area contributed by atoms with E-state index in [2.05, 4.69) is 10.6 Å². The number of hydrogen-bond acceptors (Lipinski definition) is 3. The van der Waals surface area contributed by atoms with Crippen molar-refractivity contribution >= 4 is 35.0 Å². The van der Waals surface area contributed by atoms with Crippen molar-refractivity contribution in [1.29, 1.82) is 0 Å². The summed E-state index contributed by atoms with van der Waals surface area (Å²) in [5.74, 6) is -0.175. The summed E-state index contributed by atoms with van der Waals surface area (Å²) in [6.45, 7) is 3.33. The Labute approximate surface area is 134 Å². The summed E-state index contributed by atoms with van der Waals surface area (Å²) in [4.78, 5) is 24.2. The molecule has 2 N–H and O–H groups in total. The van der Waals surface area contributed by atoms with Gasteiger partial charge in [-0.15, -0.1) is 11.8 Å². The minimum atomic E-state index is -0.197. The Bertz CT molecular complexity index is 641. The van der Waals surface area contributed by atoms with Gasteiger partial charge in [-0.1, -0.05) is 18.2 Å². The number of rotatable bonds is 5. The second-order valence-corrected chi connectivity index (χ2v) is 6.24. The smallest absolute Gasteiger partial charge is 0.237 e. The molecule has 0 bridgehead atoms. The van der Waals surface area contributed by atoms with Gasteiger partial charge in [0.1, 0.15) is 0 Å². The Morgan fingerprint density at radius 3 is 2.00 bits per heavy atom. The molecule has 2 aromatic rings. The Balaban J connectivity index is 1.92. The zero-order chi connectivity index (χ0) is 15.9. The van der Waals surface area contributed by atoms with E-state index in [1.165, 1.54) is 18.7 Å². The van der Waals surface area contributed by atoms with Crippen LogP contribution in [0.25, 0.3) is 0 Å². The van der Waals surface area contributed by atoms with Crippen LogP contribution in [0, 0.1) is 0 Å². The normalized spacial score (nSPS) is 11.5. The first-order chi connectivity index (χ1) is 10.5. The first-order valence-corrected chi connectivity index (χ1v) is 7.83. The molecule has 2 amide bonds. The maximum absolute atomic E-state index is 12.2. The maximum Gasteiger partial charge on any atom is 0.237 e. The molecule has 2 rings (SSSR count). The van der Waals surface area contributed by atoms with Crippen molar-refractivity contribution in [3.05, 3.63) is 54.6 Å². The van der Waals surface area contributed by atoms with Crippen LogP contribution in [0.3, 0.4) is 0 Å². The molecule has 0 unspecified atom stereocenters. The summed E-state index contributed by atoms with van der Waals surface area (Å²) in [5, 5.41) is 5.36. The summed E-state index contributed by atoms with van der Waals surface area (Å²) in [6, 6.07) is 16.9. The number of hydrogen-bond donors (Lipinski definition) is 2. The fourth-order valence-electron chi connectivity index (χ4n) is 1.84. The van der Waals surface area contributed by atoms with Crippen LogP contribution in [-0.4, -0.2) is 17.1 Å². The molecule has 22 heavy (non-hydrogen) atoms. The second-order valence-electron chi connectivity index (χ2n) is 4.82. The first-order valence-electron chi connectivity index (χ1n) is 6.95. The largest absolute Gasteiger partial charge is 0.326 e. The zero-order valence-corrected chi connectivity index (χ0v) is 13.3. The molecule has 0 saturated carbocycles. The van der Waals surface area contributed by atoms with E-state index in [9.17, 15) is 9.59 Å². The molecule has 0 aromatic heterocycles. The van der Waals surface area contributed by atoms with Crippen molar-refractivity contribution in [2.24, 2.45) is 0 Å². The lowest BCUT2D eigenvalue weighted by Gasteiger charge is -2.12. The number of thioether (sulfide) groups is 1. The van der Waals surface area contributed by atoms with Gasteiger partial charge in [0.2, 0.25) is 11.8 Å². The van der Waals surface area contributed by atoms with E-state index < -0.39 is 0 Å². The van der Waals surface area contributed by atoms with Gasteiger partial charge < -0.3 is 10.6 Å². The molecule has 1 atom stereocenters. The topological polar surface area (TPSA) is 58.2 Å². The molecule has 0 aliphatic heterocycles.